The molecule has 1 atom stereocenters. The molecule has 1 unspecified atom stereocenters. The summed E-state index contributed by atoms with van der Waals surface area (Å²) < 4.78 is 0. The SMILES string of the molecule is CN1CCC(CNCc2ccccc2N2CCCC2)C1. The molecule has 0 saturated carbocycles. The third kappa shape index (κ3) is 3.33. The van der Waals surface area contributed by atoms with E-state index in [-0.39, 0.29) is 0 Å². The molecule has 0 spiro atoms. The van der Waals surface area contributed by atoms with E-state index >= 15 is 0 Å². The van der Waals surface area contributed by atoms with E-state index in [0.29, 0.717) is 0 Å². The second kappa shape index (κ2) is 6.59. The van der Waals surface area contributed by atoms with Gasteiger partial charge in [0.15, 0.2) is 0 Å². The first-order valence-corrected chi connectivity index (χ1v) is 8.05. The van der Waals surface area contributed by atoms with Gasteiger partial charge in [-0.25, -0.2) is 0 Å². The fourth-order valence-corrected chi connectivity index (χ4v) is 3.53. The Morgan fingerprint density at radius 1 is 1.15 bits per heavy atom. The van der Waals surface area contributed by atoms with Crippen molar-refractivity contribution in [3.63, 3.8) is 0 Å². The average Bonchev–Trinajstić information content (AvgIpc) is 3.11. The molecule has 3 heteroatoms. The number of hydrogen-bond acceptors (Lipinski definition) is 3. The summed E-state index contributed by atoms with van der Waals surface area (Å²) >= 11 is 0. The van der Waals surface area contributed by atoms with Gasteiger partial charge in [0.25, 0.3) is 0 Å². The Bertz CT molecular complexity index is 426. The van der Waals surface area contributed by atoms with Crippen LogP contribution in [-0.4, -0.2) is 44.7 Å². The molecule has 3 nitrogen and oxygen atoms in total. The Morgan fingerprint density at radius 2 is 1.95 bits per heavy atom. The van der Waals surface area contributed by atoms with Crippen molar-refractivity contribution in [1.82, 2.24) is 10.2 Å². The minimum Gasteiger partial charge on any atom is -0.371 e. The monoisotopic (exact) mass is 273 g/mol. The van der Waals surface area contributed by atoms with Crippen molar-refractivity contribution >= 4 is 5.69 Å². The first-order chi connectivity index (χ1) is 9.83. The van der Waals surface area contributed by atoms with Gasteiger partial charge in [-0.2, -0.15) is 0 Å². The highest BCUT2D eigenvalue weighted by Crippen LogP contribution is 2.24. The molecule has 1 aromatic carbocycles. The van der Waals surface area contributed by atoms with Gasteiger partial charge in [0.1, 0.15) is 0 Å². The zero-order chi connectivity index (χ0) is 13.8. The average molecular weight is 273 g/mol. The van der Waals surface area contributed by atoms with Gasteiger partial charge in [-0.1, -0.05) is 18.2 Å². The highest BCUT2D eigenvalue weighted by Gasteiger charge is 2.19. The fourth-order valence-electron chi connectivity index (χ4n) is 3.53. The van der Waals surface area contributed by atoms with E-state index in [4.69, 9.17) is 0 Å². The molecular formula is C17H27N3. The number of benzene rings is 1. The van der Waals surface area contributed by atoms with Crippen molar-refractivity contribution in [2.75, 3.05) is 44.7 Å². The van der Waals surface area contributed by atoms with Crippen LogP contribution >= 0.6 is 0 Å². The lowest BCUT2D eigenvalue weighted by atomic mass is 10.1. The molecular weight excluding hydrogens is 246 g/mol. The van der Waals surface area contributed by atoms with Gasteiger partial charge in [0, 0.05) is 31.9 Å². The third-order valence-corrected chi connectivity index (χ3v) is 4.68. The third-order valence-electron chi connectivity index (χ3n) is 4.68. The zero-order valence-electron chi connectivity index (χ0n) is 12.6. The summed E-state index contributed by atoms with van der Waals surface area (Å²) in [5.74, 6) is 0.832. The van der Waals surface area contributed by atoms with Crippen molar-refractivity contribution < 1.29 is 0 Å². The van der Waals surface area contributed by atoms with Crippen LogP contribution in [0.5, 0.6) is 0 Å². The normalized spacial score (nSPS) is 23.6. The van der Waals surface area contributed by atoms with Crippen molar-refractivity contribution in [2.45, 2.75) is 25.8 Å². The maximum atomic E-state index is 3.67. The van der Waals surface area contributed by atoms with E-state index in [2.05, 4.69) is 46.4 Å². The molecule has 3 rings (SSSR count). The maximum Gasteiger partial charge on any atom is 0.0411 e. The van der Waals surface area contributed by atoms with Crippen LogP contribution in [0.3, 0.4) is 0 Å². The van der Waals surface area contributed by atoms with Crippen LogP contribution < -0.4 is 10.2 Å². The molecule has 0 bridgehead atoms. The maximum absolute atomic E-state index is 3.67. The quantitative estimate of drug-likeness (QED) is 0.888. The number of hydrogen-bond donors (Lipinski definition) is 1. The topological polar surface area (TPSA) is 18.5 Å². The van der Waals surface area contributed by atoms with Gasteiger partial charge in [0.2, 0.25) is 0 Å². The molecule has 1 aromatic rings. The zero-order valence-corrected chi connectivity index (χ0v) is 12.6. The molecule has 0 aromatic heterocycles. The Kier molecular flexibility index (Phi) is 4.58. The predicted octanol–water partition coefficient (Wildman–Crippen LogP) is 2.33. The molecule has 110 valence electrons. The van der Waals surface area contributed by atoms with Crippen LogP contribution in [0.1, 0.15) is 24.8 Å². The molecule has 2 saturated heterocycles. The van der Waals surface area contributed by atoms with E-state index in [1.54, 1.807) is 0 Å². The lowest BCUT2D eigenvalue weighted by molar-refractivity contribution is 0.388. The molecule has 2 aliphatic heterocycles. The molecule has 20 heavy (non-hydrogen) atoms. The van der Waals surface area contributed by atoms with Crippen LogP contribution in [0.15, 0.2) is 24.3 Å². The number of nitrogens with one attached hydrogen (secondary N) is 1. The fraction of sp³-hybridized carbons (Fsp3) is 0.647. The van der Waals surface area contributed by atoms with Crippen molar-refractivity contribution in [3.05, 3.63) is 29.8 Å². The minimum absolute atomic E-state index is 0.832. The van der Waals surface area contributed by atoms with Crippen LogP contribution in [0.4, 0.5) is 5.69 Å². The first-order valence-electron chi connectivity index (χ1n) is 8.05. The summed E-state index contributed by atoms with van der Waals surface area (Å²) in [5.41, 5.74) is 2.90. The highest BCUT2D eigenvalue weighted by atomic mass is 15.1. The van der Waals surface area contributed by atoms with E-state index in [0.717, 1.165) is 19.0 Å². The first kappa shape index (κ1) is 13.9. The van der Waals surface area contributed by atoms with Gasteiger partial charge < -0.3 is 15.1 Å². The number of likely N-dealkylation sites (tertiary alicyclic amines) is 1. The lowest BCUT2D eigenvalue weighted by Gasteiger charge is -2.22. The number of para-hydroxylation sites is 1. The molecule has 2 aliphatic rings. The standard InChI is InChI=1S/C17H27N3/c1-19-11-8-15(14-19)12-18-13-16-6-2-3-7-17(16)20-9-4-5-10-20/h2-3,6-7,15,18H,4-5,8-14H2,1H3. The van der Waals surface area contributed by atoms with Crippen molar-refractivity contribution in [2.24, 2.45) is 5.92 Å². The second-order valence-electron chi connectivity index (χ2n) is 6.37. The molecule has 0 amide bonds. The molecule has 2 heterocycles. The van der Waals surface area contributed by atoms with E-state index in [1.807, 2.05) is 0 Å². The lowest BCUT2D eigenvalue weighted by Crippen LogP contribution is -2.26. The molecule has 0 aliphatic carbocycles. The van der Waals surface area contributed by atoms with Gasteiger partial charge in [-0.3, -0.25) is 0 Å². The second-order valence-corrected chi connectivity index (χ2v) is 6.37. The predicted molar refractivity (Wildman–Crippen MR) is 85.2 cm³/mol. The summed E-state index contributed by atoms with van der Waals surface area (Å²) in [7, 11) is 2.22. The van der Waals surface area contributed by atoms with Crippen LogP contribution in [-0.2, 0) is 6.54 Å². The summed E-state index contributed by atoms with van der Waals surface area (Å²) in [6, 6.07) is 8.90. The van der Waals surface area contributed by atoms with Gasteiger partial charge in [-0.05, 0) is 56.9 Å². The van der Waals surface area contributed by atoms with Crippen molar-refractivity contribution in [3.8, 4) is 0 Å². The number of nitrogens with zero attached hydrogens (tertiary/aromatic N) is 2. The van der Waals surface area contributed by atoms with Crippen LogP contribution in [0, 0.1) is 5.92 Å². The summed E-state index contributed by atoms with van der Waals surface area (Å²) in [6.07, 6.45) is 4.03. The Morgan fingerprint density at radius 3 is 2.70 bits per heavy atom. The summed E-state index contributed by atoms with van der Waals surface area (Å²) in [4.78, 5) is 4.98. The molecule has 0 radical (unpaired) electrons. The van der Waals surface area contributed by atoms with E-state index < -0.39 is 0 Å². The number of rotatable bonds is 5. The van der Waals surface area contributed by atoms with E-state index in [9.17, 15) is 0 Å². The highest BCUT2D eigenvalue weighted by molar-refractivity contribution is 5.54. The van der Waals surface area contributed by atoms with Crippen molar-refractivity contribution in [1.29, 1.82) is 0 Å². The van der Waals surface area contributed by atoms with Gasteiger partial charge in [-0.15, -0.1) is 0 Å². The summed E-state index contributed by atoms with van der Waals surface area (Å²) in [5, 5.41) is 3.67. The Balaban J connectivity index is 1.54. The summed E-state index contributed by atoms with van der Waals surface area (Å²) in [6.45, 7) is 7.12. The Labute approximate surface area is 123 Å². The number of anilines is 1. The Hall–Kier alpha value is -1.06. The molecule has 1 N–H and O–H groups in total. The van der Waals surface area contributed by atoms with Crippen LogP contribution in [0.25, 0.3) is 0 Å². The largest absolute Gasteiger partial charge is 0.371 e. The molecule has 2 fully saturated rings. The smallest absolute Gasteiger partial charge is 0.0411 e. The van der Waals surface area contributed by atoms with Gasteiger partial charge in [0.05, 0.1) is 0 Å². The van der Waals surface area contributed by atoms with Gasteiger partial charge >= 0.3 is 0 Å². The minimum atomic E-state index is 0.832. The van der Waals surface area contributed by atoms with E-state index in [1.165, 1.54) is 56.7 Å². The van der Waals surface area contributed by atoms with Crippen LogP contribution in [0.2, 0.25) is 0 Å².